The summed E-state index contributed by atoms with van der Waals surface area (Å²) in [5.41, 5.74) is 8.29. The summed E-state index contributed by atoms with van der Waals surface area (Å²) in [6.45, 7) is 2.88. The molecule has 1 aromatic carbocycles. The normalized spacial score (nSPS) is 16.8. The molecule has 0 spiro atoms. The zero-order chi connectivity index (χ0) is 20.5. The molecule has 2 amide bonds. The predicted molar refractivity (Wildman–Crippen MR) is 107 cm³/mol. The summed E-state index contributed by atoms with van der Waals surface area (Å²) in [7, 11) is 0. The lowest BCUT2D eigenvalue weighted by Crippen LogP contribution is -2.40. The maximum absolute atomic E-state index is 13.6. The fourth-order valence-corrected chi connectivity index (χ4v) is 3.94. The highest BCUT2D eigenvalue weighted by molar-refractivity contribution is 5.98. The van der Waals surface area contributed by atoms with Crippen molar-refractivity contribution in [2.24, 2.45) is 5.73 Å². The highest BCUT2D eigenvalue weighted by Crippen LogP contribution is 2.31. The molecule has 1 saturated heterocycles. The van der Waals surface area contributed by atoms with Crippen molar-refractivity contribution >= 4 is 22.7 Å². The van der Waals surface area contributed by atoms with E-state index in [2.05, 4.69) is 9.97 Å². The van der Waals surface area contributed by atoms with E-state index in [-0.39, 0.29) is 17.4 Å². The van der Waals surface area contributed by atoms with Gasteiger partial charge in [-0.1, -0.05) is 0 Å². The van der Waals surface area contributed by atoms with Crippen LogP contribution in [0.25, 0.3) is 10.9 Å². The van der Waals surface area contributed by atoms with Gasteiger partial charge in [-0.15, -0.1) is 0 Å². The van der Waals surface area contributed by atoms with Gasteiger partial charge in [-0.25, -0.2) is 4.39 Å². The summed E-state index contributed by atoms with van der Waals surface area (Å²) in [6.07, 6.45) is 3.24. The first kappa shape index (κ1) is 19.0. The third kappa shape index (κ3) is 3.68. The number of carbonyl (C=O) groups is 2. The number of carbonyl (C=O) groups excluding carboxylic acids is 2. The smallest absolute Gasteiger partial charge is 0.255 e. The van der Waals surface area contributed by atoms with Crippen molar-refractivity contribution in [3.63, 3.8) is 0 Å². The van der Waals surface area contributed by atoms with Crippen LogP contribution in [0.2, 0.25) is 0 Å². The van der Waals surface area contributed by atoms with E-state index in [0.717, 1.165) is 12.8 Å². The molecule has 29 heavy (non-hydrogen) atoms. The third-order valence-corrected chi connectivity index (χ3v) is 5.40. The Morgan fingerprint density at radius 2 is 2.03 bits per heavy atom. The van der Waals surface area contributed by atoms with Crippen LogP contribution in [-0.4, -0.2) is 39.8 Å². The van der Waals surface area contributed by atoms with Crippen LogP contribution in [0.3, 0.4) is 0 Å². The Kier molecular flexibility index (Phi) is 4.96. The number of pyridine rings is 2. The fraction of sp³-hybridized carbons (Fsp3) is 0.273. The van der Waals surface area contributed by atoms with Crippen molar-refractivity contribution in [3.8, 4) is 0 Å². The molecule has 1 atom stereocenters. The first-order chi connectivity index (χ1) is 13.9. The molecule has 148 valence electrons. The molecule has 0 radical (unpaired) electrons. The minimum absolute atomic E-state index is 0.0798. The van der Waals surface area contributed by atoms with Gasteiger partial charge in [0, 0.05) is 36.3 Å². The second-order valence-corrected chi connectivity index (χ2v) is 7.35. The van der Waals surface area contributed by atoms with E-state index in [9.17, 15) is 14.0 Å². The van der Waals surface area contributed by atoms with Gasteiger partial charge in [0.25, 0.3) is 11.8 Å². The molecule has 2 N–H and O–H groups in total. The number of nitrogens with zero attached hydrogens (tertiary/aromatic N) is 3. The molecule has 1 aliphatic heterocycles. The highest BCUT2D eigenvalue weighted by atomic mass is 19.1. The Bertz CT molecular complexity index is 1120. The minimum Gasteiger partial charge on any atom is -0.366 e. The van der Waals surface area contributed by atoms with Gasteiger partial charge in [-0.3, -0.25) is 19.6 Å². The number of amides is 2. The number of hydrogen-bond donors (Lipinski definition) is 1. The lowest BCUT2D eigenvalue weighted by atomic mass is 9.90. The Morgan fingerprint density at radius 1 is 1.21 bits per heavy atom. The first-order valence-electron chi connectivity index (χ1n) is 9.55. The highest BCUT2D eigenvalue weighted by Gasteiger charge is 2.29. The summed E-state index contributed by atoms with van der Waals surface area (Å²) in [5, 5.41) is 0.525. The largest absolute Gasteiger partial charge is 0.366 e. The second kappa shape index (κ2) is 7.58. The zero-order valence-electron chi connectivity index (χ0n) is 16.1. The Morgan fingerprint density at radius 3 is 2.79 bits per heavy atom. The summed E-state index contributed by atoms with van der Waals surface area (Å²) in [4.78, 5) is 35.7. The van der Waals surface area contributed by atoms with Crippen molar-refractivity contribution in [3.05, 3.63) is 70.9 Å². The van der Waals surface area contributed by atoms with Crippen molar-refractivity contribution in [2.75, 3.05) is 13.1 Å². The lowest BCUT2D eigenvalue weighted by molar-refractivity contribution is 0.0704. The van der Waals surface area contributed by atoms with Gasteiger partial charge in [-0.2, -0.15) is 0 Å². The molecule has 1 unspecified atom stereocenters. The maximum atomic E-state index is 13.6. The van der Waals surface area contributed by atoms with Gasteiger partial charge in [0.15, 0.2) is 0 Å². The number of hydrogen-bond acceptors (Lipinski definition) is 4. The molecule has 6 nitrogen and oxygen atoms in total. The van der Waals surface area contributed by atoms with E-state index >= 15 is 0 Å². The Labute approximate surface area is 167 Å². The van der Waals surface area contributed by atoms with Crippen LogP contribution in [0.1, 0.15) is 50.9 Å². The number of primary amides is 1. The zero-order valence-corrected chi connectivity index (χ0v) is 16.1. The summed E-state index contributed by atoms with van der Waals surface area (Å²) < 4.78 is 13.6. The van der Waals surface area contributed by atoms with Crippen molar-refractivity contribution in [1.29, 1.82) is 0 Å². The average Bonchev–Trinajstić information content (AvgIpc) is 2.72. The predicted octanol–water partition coefficient (Wildman–Crippen LogP) is 3.20. The van der Waals surface area contributed by atoms with Gasteiger partial charge in [0.05, 0.1) is 22.3 Å². The Balaban J connectivity index is 1.69. The van der Waals surface area contributed by atoms with Crippen LogP contribution in [-0.2, 0) is 0 Å². The molecule has 7 heteroatoms. The van der Waals surface area contributed by atoms with Gasteiger partial charge < -0.3 is 10.6 Å². The van der Waals surface area contributed by atoms with E-state index in [1.54, 1.807) is 35.4 Å². The van der Waals surface area contributed by atoms with E-state index in [1.807, 2.05) is 6.92 Å². The molecule has 1 aliphatic rings. The van der Waals surface area contributed by atoms with Crippen LogP contribution < -0.4 is 5.73 Å². The molecular formula is C22H21FN4O2. The summed E-state index contributed by atoms with van der Waals surface area (Å²) in [5.74, 6) is -1.21. The van der Waals surface area contributed by atoms with Crippen LogP contribution >= 0.6 is 0 Å². The van der Waals surface area contributed by atoms with E-state index in [4.69, 9.17) is 5.73 Å². The van der Waals surface area contributed by atoms with Crippen LogP contribution in [0.4, 0.5) is 4.39 Å². The second-order valence-electron chi connectivity index (χ2n) is 7.35. The molecule has 1 fully saturated rings. The van der Waals surface area contributed by atoms with E-state index in [1.165, 1.54) is 12.1 Å². The number of fused-ring (bicyclic) bond motifs is 1. The van der Waals surface area contributed by atoms with E-state index < -0.39 is 11.7 Å². The molecule has 0 aliphatic carbocycles. The van der Waals surface area contributed by atoms with Gasteiger partial charge in [-0.05, 0) is 56.2 Å². The van der Waals surface area contributed by atoms with Crippen LogP contribution in [0.15, 0.2) is 42.6 Å². The quantitative estimate of drug-likeness (QED) is 0.741. The number of halogens is 1. The number of aromatic nitrogens is 2. The number of aryl methyl sites for hydroxylation is 1. The van der Waals surface area contributed by atoms with E-state index in [0.29, 0.717) is 40.9 Å². The Hall–Kier alpha value is -3.35. The number of piperidine rings is 1. The molecule has 3 heterocycles. The number of benzene rings is 1. The van der Waals surface area contributed by atoms with Crippen molar-refractivity contribution in [2.45, 2.75) is 25.7 Å². The monoisotopic (exact) mass is 392 g/mol. The molecular weight excluding hydrogens is 371 g/mol. The first-order valence-corrected chi connectivity index (χ1v) is 9.55. The molecule has 0 saturated carbocycles. The number of likely N-dealkylation sites (tertiary alicyclic amines) is 1. The lowest BCUT2D eigenvalue weighted by Gasteiger charge is -2.33. The van der Waals surface area contributed by atoms with Crippen molar-refractivity contribution in [1.82, 2.24) is 14.9 Å². The summed E-state index contributed by atoms with van der Waals surface area (Å²) >= 11 is 0. The fourth-order valence-electron chi connectivity index (χ4n) is 3.94. The standard InChI is InChI=1S/C22H21FN4O2/c1-13-17(5-2-8-25-13)22(29)27-9-3-4-14(12-27)20-18(21(24)28)11-15-10-16(23)6-7-19(15)26-20/h2,5-8,10-11,14H,3-4,9,12H2,1H3,(H2,24,28). The van der Waals surface area contributed by atoms with Gasteiger partial charge in [0.2, 0.25) is 0 Å². The van der Waals surface area contributed by atoms with Gasteiger partial charge >= 0.3 is 0 Å². The van der Waals surface area contributed by atoms with Crippen LogP contribution in [0.5, 0.6) is 0 Å². The number of rotatable bonds is 3. The average molecular weight is 392 g/mol. The van der Waals surface area contributed by atoms with Crippen molar-refractivity contribution < 1.29 is 14.0 Å². The minimum atomic E-state index is -0.606. The molecule has 0 bridgehead atoms. The number of nitrogens with two attached hydrogens (primary N) is 1. The topological polar surface area (TPSA) is 89.2 Å². The third-order valence-electron chi connectivity index (χ3n) is 5.40. The maximum Gasteiger partial charge on any atom is 0.255 e. The molecule has 4 rings (SSSR count). The van der Waals surface area contributed by atoms with Gasteiger partial charge in [0.1, 0.15) is 5.82 Å². The molecule has 2 aromatic heterocycles. The SMILES string of the molecule is Cc1ncccc1C(=O)N1CCCC(c2nc3ccc(F)cc3cc2C(N)=O)C1. The van der Waals surface area contributed by atoms with Crippen LogP contribution in [0, 0.1) is 12.7 Å². The summed E-state index contributed by atoms with van der Waals surface area (Å²) in [6, 6.07) is 9.37. The molecule has 3 aromatic rings.